The molecule has 4 saturated heterocycles. The summed E-state index contributed by atoms with van der Waals surface area (Å²) in [4.78, 5) is 73.5. The van der Waals surface area contributed by atoms with Crippen LogP contribution in [-0.2, 0) is 9.59 Å². The van der Waals surface area contributed by atoms with Crippen LogP contribution < -0.4 is 19.9 Å². The Morgan fingerprint density at radius 3 is 2.36 bits per heavy atom. The van der Waals surface area contributed by atoms with E-state index < -0.39 is 23.8 Å². The summed E-state index contributed by atoms with van der Waals surface area (Å²) >= 11 is 0. The Morgan fingerprint density at radius 1 is 0.803 bits per heavy atom. The van der Waals surface area contributed by atoms with Crippen molar-refractivity contribution in [3.05, 3.63) is 59.9 Å². The zero-order valence-corrected chi connectivity index (χ0v) is 35.1. The van der Waals surface area contributed by atoms with Crippen molar-refractivity contribution in [2.45, 2.75) is 70.1 Å². The lowest BCUT2D eigenvalue weighted by atomic mass is 9.95. The summed E-state index contributed by atoms with van der Waals surface area (Å²) in [5.41, 5.74) is 4.12. The molecule has 2 aromatic carbocycles. The Kier molecular flexibility index (Phi) is 10.5. The average molecular weight is 830 g/mol. The van der Waals surface area contributed by atoms with Crippen molar-refractivity contribution in [3.63, 3.8) is 0 Å². The zero-order valence-electron chi connectivity index (χ0n) is 35.1. The quantitative estimate of drug-likeness (QED) is 0.212. The molecule has 0 bridgehead atoms. The van der Waals surface area contributed by atoms with Gasteiger partial charge in [0.2, 0.25) is 11.8 Å². The topological polar surface area (TPSA) is 163 Å². The van der Waals surface area contributed by atoms with Gasteiger partial charge in [-0.05, 0) is 88.3 Å². The summed E-state index contributed by atoms with van der Waals surface area (Å²) in [5, 5.41) is 11.1. The highest BCUT2D eigenvalue weighted by Crippen LogP contribution is 2.41. The number of aromatic nitrogens is 4. The molecule has 1 saturated carbocycles. The van der Waals surface area contributed by atoms with Crippen molar-refractivity contribution >= 4 is 46.0 Å². The van der Waals surface area contributed by atoms with Crippen molar-refractivity contribution in [1.82, 2.24) is 45.1 Å². The van der Waals surface area contributed by atoms with Crippen molar-refractivity contribution in [2.24, 2.45) is 5.92 Å². The van der Waals surface area contributed by atoms with Gasteiger partial charge in [0.15, 0.2) is 0 Å². The molecule has 6 aliphatic rings. The Labute approximate surface area is 355 Å². The normalized spacial score (nSPS) is 24.1. The van der Waals surface area contributed by atoms with Crippen LogP contribution in [0, 0.1) is 5.92 Å². The monoisotopic (exact) mass is 829 g/mol. The molecule has 16 nitrogen and oxygen atoms in total. The number of aromatic amines is 1. The minimum atomic E-state index is -0.954. The molecule has 320 valence electrons. The fourth-order valence-corrected chi connectivity index (χ4v) is 9.86. The van der Waals surface area contributed by atoms with E-state index in [1.54, 1.807) is 18.5 Å². The number of carbonyl (C=O) groups excluding carboxylic acids is 4. The molecule has 0 radical (unpaired) electrons. The second-order valence-corrected chi connectivity index (χ2v) is 18.2. The van der Waals surface area contributed by atoms with Crippen LogP contribution in [0.5, 0.6) is 5.75 Å². The summed E-state index contributed by atoms with van der Waals surface area (Å²) in [6.45, 7) is 16.7. The molecule has 2 aromatic heterocycles. The summed E-state index contributed by atoms with van der Waals surface area (Å²) in [7, 11) is 0. The summed E-state index contributed by atoms with van der Waals surface area (Å²) in [5.74, 6) is 0.526. The van der Waals surface area contributed by atoms with Crippen LogP contribution in [0.2, 0.25) is 0 Å². The van der Waals surface area contributed by atoms with Crippen LogP contribution in [-0.4, -0.2) is 160 Å². The molecule has 2 N–H and O–H groups in total. The van der Waals surface area contributed by atoms with Gasteiger partial charge in [-0.2, -0.15) is 5.10 Å². The number of imide groups is 2. The Morgan fingerprint density at radius 2 is 1.59 bits per heavy atom. The number of rotatable bonds is 11. The molecule has 4 amide bonds. The molecule has 2 atom stereocenters. The molecule has 1 aliphatic carbocycles. The predicted octanol–water partition coefficient (Wildman–Crippen LogP) is 3.40. The Bertz CT molecular complexity index is 2350. The van der Waals surface area contributed by atoms with Gasteiger partial charge in [0.05, 0.1) is 22.3 Å². The molecule has 1 unspecified atom stereocenters. The van der Waals surface area contributed by atoms with Gasteiger partial charge in [-0.3, -0.25) is 44.3 Å². The van der Waals surface area contributed by atoms with E-state index in [1.807, 2.05) is 18.2 Å². The number of nitrogens with one attached hydrogen (secondary N) is 2. The highest BCUT2D eigenvalue weighted by atomic mass is 16.5. The van der Waals surface area contributed by atoms with Crippen LogP contribution in [0.15, 0.2) is 48.8 Å². The third-order valence-corrected chi connectivity index (χ3v) is 13.9. The van der Waals surface area contributed by atoms with E-state index in [9.17, 15) is 19.2 Å². The van der Waals surface area contributed by atoms with E-state index in [4.69, 9.17) is 4.74 Å². The van der Waals surface area contributed by atoms with E-state index in [2.05, 4.69) is 76.0 Å². The van der Waals surface area contributed by atoms with E-state index in [0.29, 0.717) is 23.1 Å². The molecule has 7 heterocycles. The number of piperidine rings is 2. The SMILES string of the molecule is C[C@H]1CN(c2cc(-c3n[nH]c4ccc(OC5(C)CC5)cc34)ncn2)CCN1CCN1CCN(CC2CCN(c3ccc4c(c3)C(=O)N(C3CCC(=O)NC3=O)C4=O)CC2)CC1. The number of piperazine rings is 2. The highest BCUT2D eigenvalue weighted by Gasteiger charge is 2.45. The van der Waals surface area contributed by atoms with Crippen molar-refractivity contribution in [3.8, 4) is 17.1 Å². The number of anilines is 2. The maximum atomic E-state index is 13.4. The smallest absolute Gasteiger partial charge is 0.262 e. The number of nitrogens with zero attached hydrogens (tertiary/aromatic N) is 9. The molecule has 5 fully saturated rings. The summed E-state index contributed by atoms with van der Waals surface area (Å²) < 4.78 is 6.24. The number of ether oxygens (including phenoxy) is 1. The number of benzene rings is 2. The number of hydrogen-bond donors (Lipinski definition) is 2. The lowest BCUT2D eigenvalue weighted by Gasteiger charge is -2.42. The molecular formula is C45H55N11O5. The third kappa shape index (κ3) is 8.08. The van der Waals surface area contributed by atoms with Gasteiger partial charge in [-0.25, -0.2) is 9.97 Å². The fourth-order valence-electron chi connectivity index (χ4n) is 9.86. The van der Waals surface area contributed by atoms with Gasteiger partial charge in [0, 0.05) is 108 Å². The Balaban J connectivity index is 0.660. The first-order valence-electron chi connectivity index (χ1n) is 22.1. The first-order chi connectivity index (χ1) is 29.6. The number of amides is 4. The van der Waals surface area contributed by atoms with E-state index >= 15 is 0 Å². The first kappa shape index (κ1) is 39.7. The van der Waals surface area contributed by atoms with Gasteiger partial charge >= 0.3 is 0 Å². The van der Waals surface area contributed by atoms with Crippen molar-refractivity contribution < 1.29 is 23.9 Å². The number of fused-ring (bicyclic) bond motifs is 2. The minimum Gasteiger partial charge on any atom is -0.488 e. The summed E-state index contributed by atoms with van der Waals surface area (Å²) in [6, 6.07) is 13.1. The second kappa shape index (κ2) is 16.1. The number of carbonyl (C=O) groups is 4. The zero-order chi connectivity index (χ0) is 41.8. The molecule has 16 heteroatoms. The largest absolute Gasteiger partial charge is 0.488 e. The van der Waals surface area contributed by atoms with Gasteiger partial charge in [0.25, 0.3) is 11.8 Å². The van der Waals surface area contributed by atoms with Crippen molar-refractivity contribution in [1.29, 1.82) is 0 Å². The van der Waals surface area contributed by atoms with Gasteiger partial charge in [-0.1, -0.05) is 0 Å². The molecule has 10 rings (SSSR count). The lowest BCUT2D eigenvalue weighted by Crippen LogP contribution is -2.55. The van der Waals surface area contributed by atoms with Crippen LogP contribution in [0.4, 0.5) is 11.5 Å². The van der Waals surface area contributed by atoms with Crippen LogP contribution in [0.25, 0.3) is 22.3 Å². The molecule has 61 heavy (non-hydrogen) atoms. The van der Waals surface area contributed by atoms with E-state index in [1.165, 1.54) is 0 Å². The van der Waals surface area contributed by atoms with E-state index in [-0.39, 0.29) is 24.3 Å². The minimum absolute atomic E-state index is 0.0465. The fraction of sp³-hybridized carbons (Fsp3) is 0.533. The van der Waals surface area contributed by atoms with E-state index in [0.717, 1.165) is 149 Å². The van der Waals surface area contributed by atoms with Gasteiger partial charge in [0.1, 0.15) is 35.2 Å². The Hall–Kier alpha value is -5.45. The molecular weight excluding hydrogens is 775 g/mol. The van der Waals surface area contributed by atoms with Gasteiger partial charge in [-0.15, -0.1) is 0 Å². The standard InChI is InChI=1S/C45H55N11O5/c1-29-26-55(39-25-37(46-28-47-39)41-35-24-32(61-45(2)11-12-45)4-6-36(35)49-50-41)22-21-53(29)20-19-51-15-17-52(18-16-51)27-30-9-13-54(14-10-30)31-3-5-33-34(23-31)44(60)56(43(33)59)38-7-8-40(57)48-42(38)58/h3-6,23-25,28-30,38H,7-22,26-27H2,1-2H3,(H,49,50)(H,48,57,58)/t29-,38?/m0/s1. The van der Waals surface area contributed by atoms with Crippen LogP contribution in [0.1, 0.15) is 73.1 Å². The number of hydrogen-bond acceptors (Lipinski definition) is 13. The second-order valence-electron chi connectivity index (χ2n) is 18.2. The molecule has 5 aliphatic heterocycles. The third-order valence-electron chi connectivity index (χ3n) is 13.9. The number of H-pyrrole nitrogens is 1. The van der Waals surface area contributed by atoms with Crippen molar-refractivity contribution in [2.75, 3.05) is 88.3 Å². The predicted molar refractivity (Wildman–Crippen MR) is 230 cm³/mol. The van der Waals surface area contributed by atoms with Gasteiger partial charge < -0.3 is 19.4 Å². The maximum absolute atomic E-state index is 13.4. The first-order valence-corrected chi connectivity index (χ1v) is 22.1. The highest BCUT2D eigenvalue weighted by molar-refractivity contribution is 6.23. The molecule has 0 spiro atoms. The maximum Gasteiger partial charge on any atom is 0.262 e. The van der Waals surface area contributed by atoms with Crippen LogP contribution >= 0.6 is 0 Å². The van der Waals surface area contributed by atoms with Crippen LogP contribution in [0.3, 0.4) is 0 Å². The summed E-state index contributed by atoms with van der Waals surface area (Å²) in [6.07, 6.45) is 6.23. The lowest BCUT2D eigenvalue weighted by molar-refractivity contribution is -0.136. The average Bonchev–Trinajstić information content (AvgIpc) is 3.75. The molecule has 4 aromatic rings.